The van der Waals surface area contributed by atoms with Crippen LogP contribution in [0.1, 0.15) is 24.1 Å². The highest BCUT2D eigenvalue weighted by Crippen LogP contribution is 2.44. The molecule has 158 valence electrons. The molecule has 0 aliphatic carbocycles. The lowest BCUT2D eigenvalue weighted by molar-refractivity contribution is -0.132. The number of Topliss-reactive ketones (excluding diaryl/α,β-unsaturated/α-hetero) is 1. The second kappa shape index (κ2) is 8.41. The molecule has 2 heterocycles. The van der Waals surface area contributed by atoms with Gasteiger partial charge in [-0.1, -0.05) is 17.7 Å². The predicted octanol–water partition coefficient (Wildman–Crippen LogP) is 4.53. The number of hydrogen-bond acceptors (Lipinski definition) is 7. The fourth-order valence-corrected chi connectivity index (χ4v) is 4.21. The Hall–Kier alpha value is -3.36. The summed E-state index contributed by atoms with van der Waals surface area (Å²) < 4.78 is 5.47. The largest absolute Gasteiger partial charge is 0.507 e. The molecule has 0 radical (unpaired) electrons. The average Bonchev–Trinajstić information content (AvgIpc) is 3.37. The molecule has 0 saturated carbocycles. The second-order valence-corrected chi connectivity index (χ2v) is 7.96. The fourth-order valence-electron chi connectivity index (χ4n) is 3.42. The van der Waals surface area contributed by atoms with Crippen molar-refractivity contribution in [2.45, 2.75) is 13.0 Å². The zero-order valence-electron chi connectivity index (χ0n) is 16.3. The molecule has 2 aromatic carbocycles. The van der Waals surface area contributed by atoms with Crippen molar-refractivity contribution in [3.63, 3.8) is 0 Å². The Bertz CT molecular complexity index is 1180. The van der Waals surface area contributed by atoms with Crippen molar-refractivity contribution in [3.8, 4) is 11.5 Å². The van der Waals surface area contributed by atoms with E-state index < -0.39 is 17.7 Å². The van der Waals surface area contributed by atoms with E-state index in [-0.39, 0.29) is 22.8 Å². The van der Waals surface area contributed by atoms with Gasteiger partial charge < -0.3 is 14.9 Å². The van der Waals surface area contributed by atoms with E-state index in [0.717, 1.165) is 0 Å². The number of benzene rings is 2. The summed E-state index contributed by atoms with van der Waals surface area (Å²) in [5.74, 6) is -1.84. The van der Waals surface area contributed by atoms with Gasteiger partial charge in [0.1, 0.15) is 5.76 Å². The maximum Gasteiger partial charge on any atom is 0.301 e. The molecular weight excluding hydrogens is 440 g/mol. The number of thiazole rings is 1. The molecule has 3 aromatic rings. The number of phenols is 1. The van der Waals surface area contributed by atoms with Crippen LogP contribution in [0.5, 0.6) is 11.5 Å². The van der Waals surface area contributed by atoms with E-state index >= 15 is 0 Å². The van der Waals surface area contributed by atoms with Gasteiger partial charge in [0.15, 0.2) is 16.6 Å². The first-order valence-electron chi connectivity index (χ1n) is 9.34. The highest BCUT2D eigenvalue weighted by atomic mass is 35.5. The number of aliphatic hydroxyl groups is 1. The molecular formula is C22H17ClN2O5S. The van der Waals surface area contributed by atoms with Gasteiger partial charge in [-0.05, 0) is 48.9 Å². The highest BCUT2D eigenvalue weighted by Gasteiger charge is 2.48. The van der Waals surface area contributed by atoms with E-state index in [0.29, 0.717) is 27.9 Å². The number of rotatable bonds is 5. The summed E-state index contributed by atoms with van der Waals surface area (Å²) in [4.78, 5) is 31.4. The average molecular weight is 457 g/mol. The van der Waals surface area contributed by atoms with Crippen LogP contribution in [0.2, 0.25) is 5.02 Å². The number of hydrogen-bond donors (Lipinski definition) is 2. The molecule has 1 aliphatic rings. The molecule has 1 amide bonds. The molecule has 1 aromatic heterocycles. The Kier molecular flexibility index (Phi) is 5.67. The lowest BCUT2D eigenvalue weighted by atomic mass is 9.95. The Morgan fingerprint density at radius 2 is 1.97 bits per heavy atom. The van der Waals surface area contributed by atoms with E-state index in [1.807, 2.05) is 0 Å². The predicted molar refractivity (Wildman–Crippen MR) is 118 cm³/mol. The maximum absolute atomic E-state index is 13.0. The molecule has 31 heavy (non-hydrogen) atoms. The topological polar surface area (TPSA) is 100.0 Å². The zero-order valence-corrected chi connectivity index (χ0v) is 17.9. The quantitative estimate of drug-likeness (QED) is 0.332. The van der Waals surface area contributed by atoms with Crippen LogP contribution in [0.25, 0.3) is 5.76 Å². The van der Waals surface area contributed by atoms with Gasteiger partial charge in [-0.15, -0.1) is 11.3 Å². The SMILES string of the molecule is CCOc1cc(C2/C(=C(\O)c3ccc(Cl)cc3)C(=O)C(=O)N2c2nccs2)ccc1O. The van der Waals surface area contributed by atoms with Crippen molar-refractivity contribution >= 4 is 45.5 Å². The number of aromatic hydroxyl groups is 1. The van der Waals surface area contributed by atoms with Gasteiger partial charge in [-0.2, -0.15) is 0 Å². The summed E-state index contributed by atoms with van der Waals surface area (Å²) in [6.45, 7) is 2.09. The molecule has 0 bridgehead atoms. The summed E-state index contributed by atoms with van der Waals surface area (Å²) in [5, 5.41) is 23.6. The van der Waals surface area contributed by atoms with Crippen molar-refractivity contribution in [1.82, 2.24) is 4.98 Å². The molecule has 9 heteroatoms. The smallest absolute Gasteiger partial charge is 0.301 e. The fraction of sp³-hybridized carbons (Fsp3) is 0.136. The van der Waals surface area contributed by atoms with E-state index in [1.54, 1.807) is 48.7 Å². The van der Waals surface area contributed by atoms with Crippen molar-refractivity contribution in [3.05, 3.63) is 75.8 Å². The second-order valence-electron chi connectivity index (χ2n) is 6.65. The number of carbonyl (C=O) groups is 2. The van der Waals surface area contributed by atoms with Crippen molar-refractivity contribution in [1.29, 1.82) is 0 Å². The van der Waals surface area contributed by atoms with E-state index in [1.165, 1.54) is 28.5 Å². The lowest BCUT2D eigenvalue weighted by Crippen LogP contribution is -2.29. The number of phenolic OH excluding ortho intramolecular Hbond substituents is 1. The van der Waals surface area contributed by atoms with Gasteiger partial charge in [0.05, 0.1) is 18.2 Å². The van der Waals surface area contributed by atoms with Gasteiger partial charge in [-0.25, -0.2) is 4.98 Å². The number of nitrogens with zero attached hydrogens (tertiary/aromatic N) is 2. The third-order valence-electron chi connectivity index (χ3n) is 4.79. The van der Waals surface area contributed by atoms with Crippen LogP contribution >= 0.6 is 22.9 Å². The van der Waals surface area contributed by atoms with Crippen LogP contribution in [0.3, 0.4) is 0 Å². The molecule has 1 saturated heterocycles. The Balaban J connectivity index is 1.94. The van der Waals surface area contributed by atoms with Crippen molar-refractivity contribution in [2.24, 2.45) is 0 Å². The standard InChI is InChI=1S/C22H17ClN2O5S/c1-2-30-16-11-13(5-8-15(16)26)18-17(19(27)12-3-6-14(23)7-4-12)20(28)21(29)25(18)22-24-9-10-31-22/h3-11,18,26-27H,2H2,1H3/b19-17+. The Labute approximate surface area is 186 Å². The lowest BCUT2D eigenvalue weighted by Gasteiger charge is -2.23. The minimum absolute atomic E-state index is 0.0745. The summed E-state index contributed by atoms with van der Waals surface area (Å²) >= 11 is 7.13. The van der Waals surface area contributed by atoms with Crippen LogP contribution < -0.4 is 9.64 Å². The monoisotopic (exact) mass is 456 g/mol. The first-order valence-corrected chi connectivity index (χ1v) is 10.6. The van der Waals surface area contributed by atoms with Gasteiger partial charge in [0.25, 0.3) is 5.78 Å². The number of halogens is 1. The molecule has 7 nitrogen and oxygen atoms in total. The van der Waals surface area contributed by atoms with E-state index in [2.05, 4.69) is 4.98 Å². The zero-order chi connectivity index (χ0) is 22.1. The number of carbonyl (C=O) groups excluding carboxylic acids is 2. The van der Waals surface area contributed by atoms with Crippen molar-refractivity contribution in [2.75, 3.05) is 11.5 Å². The minimum atomic E-state index is -0.957. The number of ether oxygens (including phenoxy) is 1. The van der Waals surface area contributed by atoms with E-state index in [9.17, 15) is 19.8 Å². The maximum atomic E-state index is 13.0. The molecule has 1 unspecified atom stereocenters. The third kappa shape index (κ3) is 3.75. The molecule has 2 N–H and O–H groups in total. The van der Waals surface area contributed by atoms with Crippen molar-refractivity contribution < 1.29 is 24.5 Å². The normalized spacial score (nSPS) is 17.9. The highest BCUT2D eigenvalue weighted by molar-refractivity contribution is 7.14. The Morgan fingerprint density at radius 1 is 1.23 bits per heavy atom. The van der Waals surface area contributed by atoms with Gasteiger partial charge in [0.2, 0.25) is 0 Å². The van der Waals surface area contributed by atoms with Gasteiger partial charge in [0, 0.05) is 22.2 Å². The first-order chi connectivity index (χ1) is 14.9. The molecule has 0 spiro atoms. The third-order valence-corrected chi connectivity index (χ3v) is 5.81. The summed E-state index contributed by atoms with van der Waals surface area (Å²) in [6.07, 6.45) is 1.53. The number of aliphatic hydroxyl groups excluding tert-OH is 1. The first kappa shape index (κ1) is 20.9. The number of anilines is 1. The van der Waals surface area contributed by atoms with Crippen LogP contribution in [-0.2, 0) is 9.59 Å². The van der Waals surface area contributed by atoms with Crippen LogP contribution in [0.4, 0.5) is 5.13 Å². The molecule has 1 aliphatic heterocycles. The Morgan fingerprint density at radius 3 is 2.61 bits per heavy atom. The minimum Gasteiger partial charge on any atom is -0.507 e. The van der Waals surface area contributed by atoms with Crippen LogP contribution in [0, 0.1) is 0 Å². The van der Waals surface area contributed by atoms with Gasteiger partial charge >= 0.3 is 5.91 Å². The van der Waals surface area contributed by atoms with Crippen LogP contribution in [0.15, 0.2) is 59.6 Å². The summed E-state index contributed by atoms with van der Waals surface area (Å²) in [7, 11) is 0. The van der Waals surface area contributed by atoms with Crippen LogP contribution in [-0.4, -0.2) is 33.5 Å². The summed E-state index contributed by atoms with van der Waals surface area (Å²) in [6, 6.07) is 9.87. The number of amides is 1. The molecule has 1 fully saturated rings. The van der Waals surface area contributed by atoms with E-state index in [4.69, 9.17) is 16.3 Å². The molecule has 1 atom stereocenters. The van der Waals surface area contributed by atoms with Gasteiger partial charge in [-0.3, -0.25) is 14.5 Å². The number of aromatic nitrogens is 1. The molecule has 4 rings (SSSR count). The summed E-state index contributed by atoms with van der Waals surface area (Å²) in [5.41, 5.74) is 0.733. The number of ketones is 1.